The summed E-state index contributed by atoms with van der Waals surface area (Å²) < 4.78 is 15.9. The molecule has 1 rings (SSSR count). The average molecular weight is 366 g/mol. The van der Waals surface area contributed by atoms with E-state index in [1.54, 1.807) is 21.3 Å². The third-order valence-corrected chi connectivity index (χ3v) is 3.24. The Morgan fingerprint density at radius 1 is 1.08 bits per heavy atom. The number of hydrogen-bond acceptors (Lipinski definition) is 5. The summed E-state index contributed by atoms with van der Waals surface area (Å²) in [5.74, 6) is 1.97. The highest BCUT2D eigenvalue weighted by Crippen LogP contribution is 2.30. The van der Waals surface area contributed by atoms with Crippen LogP contribution in [0.3, 0.4) is 0 Å². The Balaban J connectivity index is 2.44. The van der Waals surface area contributed by atoms with E-state index >= 15 is 0 Å². The Hall–Kier alpha value is -2.64. The molecule has 8 heteroatoms. The fraction of sp³-hybridized carbons (Fsp3) is 0.556. The maximum absolute atomic E-state index is 11.6. The van der Waals surface area contributed by atoms with Crippen LogP contribution in [0.2, 0.25) is 0 Å². The van der Waals surface area contributed by atoms with E-state index in [2.05, 4.69) is 20.9 Å². The van der Waals surface area contributed by atoms with Gasteiger partial charge in [-0.3, -0.25) is 4.99 Å². The van der Waals surface area contributed by atoms with Gasteiger partial charge in [-0.1, -0.05) is 12.1 Å². The summed E-state index contributed by atoms with van der Waals surface area (Å²) in [6, 6.07) is 5.70. The first kappa shape index (κ1) is 21.4. The monoisotopic (exact) mass is 366 g/mol. The number of hydrogen-bond donors (Lipinski definition) is 3. The molecule has 0 radical (unpaired) electrons. The number of carbonyl (C=O) groups excluding carboxylic acids is 1. The molecule has 0 aliphatic rings. The average Bonchev–Trinajstić information content (AvgIpc) is 2.59. The highest BCUT2D eigenvalue weighted by atomic mass is 16.6. The highest BCUT2D eigenvalue weighted by molar-refractivity contribution is 5.79. The largest absolute Gasteiger partial charge is 0.493 e. The van der Waals surface area contributed by atoms with E-state index in [-0.39, 0.29) is 0 Å². The van der Waals surface area contributed by atoms with Gasteiger partial charge in [-0.2, -0.15) is 0 Å². The predicted octanol–water partition coefficient (Wildman–Crippen LogP) is 1.89. The van der Waals surface area contributed by atoms with Gasteiger partial charge in [0.15, 0.2) is 17.5 Å². The molecule has 0 unspecified atom stereocenters. The van der Waals surface area contributed by atoms with E-state index in [0.29, 0.717) is 37.1 Å². The van der Waals surface area contributed by atoms with Gasteiger partial charge < -0.3 is 30.2 Å². The molecule has 0 aliphatic carbocycles. The van der Waals surface area contributed by atoms with Crippen molar-refractivity contribution < 1.29 is 19.0 Å². The fourth-order valence-electron chi connectivity index (χ4n) is 2.15. The van der Waals surface area contributed by atoms with Gasteiger partial charge in [0.05, 0.1) is 14.2 Å². The van der Waals surface area contributed by atoms with Crippen molar-refractivity contribution in [1.82, 2.24) is 16.0 Å². The minimum Gasteiger partial charge on any atom is -0.493 e. The third-order valence-electron chi connectivity index (χ3n) is 3.24. The second kappa shape index (κ2) is 10.4. The van der Waals surface area contributed by atoms with Gasteiger partial charge in [0.1, 0.15) is 5.60 Å². The van der Waals surface area contributed by atoms with Crippen molar-refractivity contribution in [2.24, 2.45) is 4.99 Å². The van der Waals surface area contributed by atoms with Crippen LogP contribution in [-0.4, -0.2) is 52.0 Å². The quantitative estimate of drug-likeness (QED) is 0.388. The molecular formula is C18H30N4O4. The predicted molar refractivity (Wildman–Crippen MR) is 102 cm³/mol. The molecule has 1 aromatic rings. The van der Waals surface area contributed by atoms with Crippen molar-refractivity contribution in [2.75, 3.05) is 34.4 Å². The summed E-state index contributed by atoms with van der Waals surface area (Å²) in [6.45, 7) is 6.90. The maximum Gasteiger partial charge on any atom is 0.407 e. The lowest BCUT2D eigenvalue weighted by molar-refractivity contribution is 0.0529. The molecule has 0 spiro atoms. The molecule has 0 atom stereocenters. The lowest BCUT2D eigenvalue weighted by atomic mass is 10.2. The van der Waals surface area contributed by atoms with Crippen LogP contribution in [0.25, 0.3) is 0 Å². The van der Waals surface area contributed by atoms with Crippen LogP contribution in [-0.2, 0) is 11.3 Å². The number of alkyl carbamates (subject to hydrolysis) is 1. The summed E-state index contributed by atoms with van der Waals surface area (Å²) in [5, 5.41) is 9.00. The number of carbonyl (C=O) groups is 1. The smallest absolute Gasteiger partial charge is 0.407 e. The molecule has 26 heavy (non-hydrogen) atoms. The number of methoxy groups -OCH3 is 2. The molecule has 0 saturated carbocycles. The molecule has 8 nitrogen and oxygen atoms in total. The first-order valence-corrected chi connectivity index (χ1v) is 8.42. The Labute approximate surface area is 155 Å². The SMILES string of the molecule is CN=C(NCCNC(=O)OC(C)(C)C)NCc1cccc(OC)c1OC. The number of ether oxygens (including phenoxy) is 3. The van der Waals surface area contributed by atoms with Crippen LogP contribution in [0.5, 0.6) is 11.5 Å². The number of aliphatic imine (C=N–C) groups is 1. The number of para-hydroxylation sites is 1. The number of nitrogens with one attached hydrogen (secondary N) is 3. The minimum absolute atomic E-state index is 0.415. The number of benzene rings is 1. The van der Waals surface area contributed by atoms with Crippen molar-refractivity contribution in [3.63, 3.8) is 0 Å². The molecule has 146 valence electrons. The molecule has 0 fully saturated rings. The molecular weight excluding hydrogens is 336 g/mol. The standard InChI is InChI=1S/C18H30N4O4/c1-18(2,3)26-17(23)21-11-10-20-16(19-4)22-12-13-8-7-9-14(24-5)15(13)25-6/h7-9H,10-12H2,1-6H3,(H,21,23)(H2,19,20,22). The van der Waals surface area contributed by atoms with Gasteiger partial charge in [0, 0.05) is 32.2 Å². The molecule has 1 amide bonds. The number of nitrogens with zero attached hydrogens (tertiary/aromatic N) is 1. The van der Waals surface area contributed by atoms with Gasteiger partial charge in [0.2, 0.25) is 0 Å². The van der Waals surface area contributed by atoms with Crippen LogP contribution in [0, 0.1) is 0 Å². The van der Waals surface area contributed by atoms with Crippen LogP contribution in [0.4, 0.5) is 4.79 Å². The summed E-state index contributed by atoms with van der Waals surface area (Å²) in [4.78, 5) is 15.7. The van der Waals surface area contributed by atoms with E-state index in [1.165, 1.54) is 0 Å². The van der Waals surface area contributed by atoms with Crippen LogP contribution >= 0.6 is 0 Å². The zero-order chi connectivity index (χ0) is 19.6. The lowest BCUT2D eigenvalue weighted by Crippen LogP contribution is -2.42. The van der Waals surface area contributed by atoms with E-state index in [9.17, 15) is 4.79 Å². The molecule has 0 aromatic heterocycles. The van der Waals surface area contributed by atoms with Gasteiger partial charge in [-0.05, 0) is 26.8 Å². The Morgan fingerprint density at radius 2 is 1.77 bits per heavy atom. The van der Waals surface area contributed by atoms with Crippen molar-refractivity contribution in [3.05, 3.63) is 23.8 Å². The molecule has 1 aromatic carbocycles. The lowest BCUT2D eigenvalue weighted by Gasteiger charge is -2.20. The topological polar surface area (TPSA) is 93.2 Å². The van der Waals surface area contributed by atoms with Crippen molar-refractivity contribution >= 4 is 12.1 Å². The first-order chi connectivity index (χ1) is 12.3. The minimum atomic E-state index is -0.509. The second-order valence-electron chi connectivity index (χ2n) is 6.43. The van der Waals surface area contributed by atoms with Crippen LogP contribution < -0.4 is 25.4 Å². The van der Waals surface area contributed by atoms with E-state index in [4.69, 9.17) is 14.2 Å². The Morgan fingerprint density at radius 3 is 2.35 bits per heavy atom. The van der Waals surface area contributed by atoms with Gasteiger partial charge in [0.25, 0.3) is 0 Å². The van der Waals surface area contributed by atoms with Crippen LogP contribution in [0.1, 0.15) is 26.3 Å². The van der Waals surface area contributed by atoms with Crippen molar-refractivity contribution in [1.29, 1.82) is 0 Å². The van der Waals surface area contributed by atoms with Gasteiger partial charge in [-0.15, -0.1) is 0 Å². The molecule has 0 heterocycles. The third kappa shape index (κ3) is 7.50. The number of amides is 1. The van der Waals surface area contributed by atoms with Crippen molar-refractivity contribution in [3.8, 4) is 11.5 Å². The van der Waals surface area contributed by atoms with Gasteiger partial charge in [-0.25, -0.2) is 4.79 Å². The highest BCUT2D eigenvalue weighted by Gasteiger charge is 2.15. The molecule has 3 N–H and O–H groups in total. The molecule has 0 aliphatic heterocycles. The molecule has 0 bridgehead atoms. The maximum atomic E-state index is 11.6. The Kier molecular flexibility index (Phi) is 8.54. The van der Waals surface area contributed by atoms with E-state index in [0.717, 1.165) is 5.56 Å². The molecule has 0 saturated heterocycles. The summed E-state index contributed by atoms with van der Waals surface area (Å²) >= 11 is 0. The Bertz CT molecular complexity index is 612. The number of rotatable bonds is 7. The normalized spacial score (nSPS) is 11.5. The summed E-state index contributed by atoms with van der Waals surface area (Å²) in [6.07, 6.45) is -0.441. The number of guanidine groups is 1. The fourth-order valence-corrected chi connectivity index (χ4v) is 2.15. The van der Waals surface area contributed by atoms with E-state index in [1.807, 2.05) is 39.0 Å². The summed E-state index contributed by atoms with van der Waals surface area (Å²) in [7, 11) is 4.89. The zero-order valence-electron chi connectivity index (χ0n) is 16.4. The van der Waals surface area contributed by atoms with Crippen molar-refractivity contribution in [2.45, 2.75) is 32.9 Å². The first-order valence-electron chi connectivity index (χ1n) is 8.42. The van der Waals surface area contributed by atoms with Crippen LogP contribution in [0.15, 0.2) is 23.2 Å². The second-order valence-corrected chi connectivity index (χ2v) is 6.43. The summed E-state index contributed by atoms with van der Waals surface area (Å²) in [5.41, 5.74) is 0.437. The van der Waals surface area contributed by atoms with E-state index < -0.39 is 11.7 Å². The zero-order valence-corrected chi connectivity index (χ0v) is 16.4. The van der Waals surface area contributed by atoms with Gasteiger partial charge >= 0.3 is 6.09 Å².